The number of carbonyl (C=O) groups is 1. The van der Waals surface area contributed by atoms with Crippen LogP contribution in [0.5, 0.6) is 0 Å². The number of aliphatic hydroxyl groups is 1. The predicted octanol–water partition coefficient (Wildman–Crippen LogP) is 5.20. The zero-order chi connectivity index (χ0) is 31.1. The number of hydrogen-bond donors (Lipinski definition) is 2. The predicted molar refractivity (Wildman–Crippen MR) is 153 cm³/mol. The molecular weight excluding hydrogens is 557 g/mol. The third-order valence-electron chi connectivity index (χ3n) is 6.66. The Hall–Kier alpha value is -2.96. The highest BCUT2D eigenvalue weighted by atomic mass is 28.4. The summed E-state index contributed by atoms with van der Waals surface area (Å²) in [6.07, 6.45) is -9.52. The molecule has 2 N–H and O–H groups in total. The highest BCUT2D eigenvalue weighted by Crippen LogP contribution is 2.37. The van der Waals surface area contributed by atoms with Crippen LogP contribution >= 0.6 is 0 Å². The van der Waals surface area contributed by atoms with E-state index in [0.717, 1.165) is 10.4 Å². The van der Waals surface area contributed by atoms with E-state index in [-0.39, 0.29) is 24.5 Å². The van der Waals surface area contributed by atoms with E-state index in [1.54, 1.807) is 20.8 Å². The quantitative estimate of drug-likeness (QED) is 0.198. The summed E-state index contributed by atoms with van der Waals surface area (Å²) in [4.78, 5) is 22.9. The summed E-state index contributed by atoms with van der Waals surface area (Å²) in [6, 6.07) is 16.6. The Balaban J connectivity index is 2.40. The van der Waals surface area contributed by atoms with Gasteiger partial charge in [0.1, 0.15) is 5.60 Å². The molecule has 2 aromatic carbocycles. The lowest BCUT2D eigenvalue weighted by atomic mass is 10.0. The van der Waals surface area contributed by atoms with E-state index in [2.05, 4.69) is 26.1 Å². The standard InChI is InChI=1S/C29H41F3N2O6Si/c1-27(2,3)40-26(36)33-21(14-13-19-24(34(37)38)25(35)29(30,31)32)20-39-41(28(4,5)6,22-15-9-7-10-16-22)23-17-11-8-12-18-23/h7-12,15-18,21,24-25,35H,13-14,19-20H2,1-6H3,(H,33,36)/t21-,24?,25?/m0/s1. The van der Waals surface area contributed by atoms with Crippen molar-refractivity contribution in [3.05, 3.63) is 70.8 Å². The number of nitro groups is 1. The van der Waals surface area contributed by atoms with Crippen molar-refractivity contribution in [2.75, 3.05) is 6.61 Å². The van der Waals surface area contributed by atoms with Crippen LogP contribution in [0.1, 0.15) is 60.8 Å². The fourth-order valence-corrected chi connectivity index (χ4v) is 9.44. The number of alkyl carbamates (subject to hydrolysis) is 1. The maximum Gasteiger partial charge on any atom is 0.421 e. The van der Waals surface area contributed by atoms with E-state index < -0.39 is 55.7 Å². The molecule has 3 atom stereocenters. The Labute approximate surface area is 240 Å². The van der Waals surface area contributed by atoms with Gasteiger partial charge in [-0.2, -0.15) is 13.2 Å². The second kappa shape index (κ2) is 13.8. The number of nitrogens with one attached hydrogen (secondary N) is 1. The number of rotatable bonds is 12. The molecule has 8 nitrogen and oxygen atoms in total. The Morgan fingerprint density at radius 2 is 1.44 bits per heavy atom. The SMILES string of the molecule is CC(C)(C)OC(=O)N[C@@H](CCCC(C(O)C(F)(F)F)[N+](=O)[O-])CO[Si](c1ccccc1)(c1ccccc1)C(C)(C)C. The molecule has 2 rings (SSSR count). The fraction of sp³-hybridized carbons (Fsp3) is 0.552. The number of halogens is 3. The van der Waals surface area contributed by atoms with Crippen LogP contribution in [-0.2, 0) is 9.16 Å². The van der Waals surface area contributed by atoms with E-state index in [4.69, 9.17) is 9.16 Å². The zero-order valence-corrected chi connectivity index (χ0v) is 25.4. The van der Waals surface area contributed by atoms with E-state index in [1.807, 2.05) is 60.7 Å². The van der Waals surface area contributed by atoms with Crippen molar-refractivity contribution in [2.45, 2.75) is 95.8 Å². The van der Waals surface area contributed by atoms with Gasteiger partial charge in [-0.1, -0.05) is 81.4 Å². The van der Waals surface area contributed by atoms with Crippen molar-refractivity contribution in [3.8, 4) is 0 Å². The number of benzene rings is 2. The molecule has 0 spiro atoms. The van der Waals surface area contributed by atoms with Gasteiger partial charge in [0.15, 0.2) is 0 Å². The van der Waals surface area contributed by atoms with Crippen molar-refractivity contribution >= 4 is 24.8 Å². The molecule has 0 aliphatic carbocycles. The summed E-state index contributed by atoms with van der Waals surface area (Å²) in [5.41, 5.74) is -0.805. The molecule has 1 amide bonds. The van der Waals surface area contributed by atoms with Crippen molar-refractivity contribution in [1.82, 2.24) is 5.32 Å². The average molecular weight is 599 g/mol. The fourth-order valence-electron chi connectivity index (χ4n) is 4.83. The molecule has 228 valence electrons. The molecule has 0 bridgehead atoms. The van der Waals surface area contributed by atoms with Crippen LogP contribution in [0.25, 0.3) is 0 Å². The lowest BCUT2D eigenvalue weighted by Crippen LogP contribution is -2.67. The van der Waals surface area contributed by atoms with E-state index in [9.17, 15) is 33.2 Å². The number of aliphatic hydroxyl groups excluding tert-OH is 1. The molecule has 0 aromatic heterocycles. The van der Waals surface area contributed by atoms with Crippen molar-refractivity contribution in [1.29, 1.82) is 0 Å². The van der Waals surface area contributed by atoms with Crippen molar-refractivity contribution < 1.29 is 37.2 Å². The van der Waals surface area contributed by atoms with Crippen LogP contribution < -0.4 is 15.7 Å². The molecule has 0 saturated heterocycles. The molecule has 0 saturated carbocycles. The number of hydrogen-bond acceptors (Lipinski definition) is 6. The summed E-state index contributed by atoms with van der Waals surface area (Å²) < 4.78 is 51.3. The molecule has 0 radical (unpaired) electrons. The molecule has 2 unspecified atom stereocenters. The third kappa shape index (κ3) is 9.54. The van der Waals surface area contributed by atoms with Gasteiger partial charge < -0.3 is 19.6 Å². The minimum absolute atomic E-state index is 0.0164. The van der Waals surface area contributed by atoms with Gasteiger partial charge in [-0.15, -0.1) is 0 Å². The lowest BCUT2D eigenvalue weighted by molar-refractivity contribution is -0.545. The van der Waals surface area contributed by atoms with Crippen molar-refractivity contribution in [2.24, 2.45) is 0 Å². The third-order valence-corrected chi connectivity index (χ3v) is 11.7. The van der Waals surface area contributed by atoms with Crippen LogP contribution in [-0.4, -0.2) is 61.0 Å². The first-order valence-corrected chi connectivity index (χ1v) is 15.4. The molecule has 41 heavy (non-hydrogen) atoms. The summed E-state index contributed by atoms with van der Waals surface area (Å²) in [5.74, 6) is 0. The van der Waals surface area contributed by atoms with Gasteiger partial charge in [0.05, 0.1) is 12.6 Å². The van der Waals surface area contributed by atoms with Gasteiger partial charge >= 0.3 is 12.3 Å². The van der Waals surface area contributed by atoms with Gasteiger partial charge in [0, 0.05) is 11.3 Å². The second-order valence-corrected chi connectivity index (χ2v) is 16.4. The van der Waals surface area contributed by atoms with Crippen LogP contribution in [0.4, 0.5) is 18.0 Å². The molecule has 0 fully saturated rings. The number of alkyl halides is 3. The normalized spacial score (nSPS) is 15.1. The summed E-state index contributed by atoms with van der Waals surface area (Å²) in [6.45, 7) is 11.3. The monoisotopic (exact) mass is 598 g/mol. The van der Waals surface area contributed by atoms with E-state index in [1.165, 1.54) is 0 Å². The average Bonchev–Trinajstić information content (AvgIpc) is 2.85. The molecule has 0 aliphatic heterocycles. The molecule has 2 aromatic rings. The van der Waals surface area contributed by atoms with Gasteiger partial charge in [-0.25, -0.2) is 4.79 Å². The Bertz CT molecular complexity index is 1080. The first-order chi connectivity index (χ1) is 18.9. The second-order valence-electron chi connectivity index (χ2n) is 12.1. The minimum Gasteiger partial charge on any atom is -0.444 e. The minimum atomic E-state index is -5.13. The summed E-state index contributed by atoms with van der Waals surface area (Å²) in [7, 11) is -3.02. The van der Waals surface area contributed by atoms with Crippen LogP contribution in [0.15, 0.2) is 60.7 Å². The highest BCUT2D eigenvalue weighted by Gasteiger charge is 2.51. The Morgan fingerprint density at radius 3 is 1.83 bits per heavy atom. The topological polar surface area (TPSA) is 111 Å². The lowest BCUT2D eigenvalue weighted by Gasteiger charge is -2.43. The summed E-state index contributed by atoms with van der Waals surface area (Å²) in [5, 5.41) is 25.2. The van der Waals surface area contributed by atoms with Crippen LogP contribution in [0.2, 0.25) is 5.04 Å². The molecular formula is C29H41F3N2O6Si. The summed E-state index contributed by atoms with van der Waals surface area (Å²) >= 11 is 0. The molecule has 12 heteroatoms. The largest absolute Gasteiger partial charge is 0.444 e. The molecule has 0 aliphatic rings. The van der Waals surface area contributed by atoms with Crippen LogP contribution in [0.3, 0.4) is 0 Å². The van der Waals surface area contributed by atoms with E-state index >= 15 is 0 Å². The highest BCUT2D eigenvalue weighted by molar-refractivity contribution is 6.99. The number of amides is 1. The van der Waals surface area contributed by atoms with Gasteiger partial charge in [0.2, 0.25) is 12.1 Å². The number of ether oxygens (including phenoxy) is 1. The Morgan fingerprint density at radius 1 is 0.951 bits per heavy atom. The van der Waals surface area contributed by atoms with Gasteiger partial charge in [-0.3, -0.25) is 10.1 Å². The number of nitrogens with zero attached hydrogens (tertiary/aromatic N) is 1. The first kappa shape index (κ1) is 34.2. The van der Waals surface area contributed by atoms with E-state index in [0.29, 0.717) is 0 Å². The van der Waals surface area contributed by atoms with Crippen molar-refractivity contribution in [3.63, 3.8) is 0 Å². The zero-order valence-electron chi connectivity index (χ0n) is 24.4. The first-order valence-electron chi connectivity index (χ1n) is 13.5. The van der Waals surface area contributed by atoms with Crippen LogP contribution in [0, 0.1) is 10.1 Å². The van der Waals surface area contributed by atoms with Gasteiger partial charge in [0.25, 0.3) is 8.32 Å². The maximum absolute atomic E-state index is 13.0. The Kier molecular flexibility index (Phi) is 11.5. The van der Waals surface area contributed by atoms with Gasteiger partial charge in [-0.05, 0) is 49.0 Å². The maximum atomic E-state index is 13.0. The smallest absolute Gasteiger partial charge is 0.421 e. The molecule has 0 heterocycles. The number of carbonyl (C=O) groups excluding carboxylic acids is 1.